The van der Waals surface area contributed by atoms with Crippen LogP contribution in [-0.4, -0.2) is 30.7 Å². The highest BCUT2D eigenvalue weighted by molar-refractivity contribution is 5.87. The van der Waals surface area contributed by atoms with Crippen molar-refractivity contribution in [1.29, 1.82) is 0 Å². The van der Waals surface area contributed by atoms with E-state index in [4.69, 9.17) is 4.74 Å². The lowest BCUT2D eigenvalue weighted by molar-refractivity contribution is -0.159. The number of ketones is 1. The molecular weight excluding hydrogens is 288 g/mol. The summed E-state index contributed by atoms with van der Waals surface area (Å²) in [4.78, 5) is 12.5. The molecule has 0 heterocycles. The number of methoxy groups -OCH3 is 1. The van der Waals surface area contributed by atoms with Crippen LogP contribution >= 0.6 is 0 Å². The van der Waals surface area contributed by atoms with Crippen LogP contribution < -0.4 is 0 Å². The largest absolute Gasteiger partial charge is 0.393 e. The minimum atomic E-state index is -0.108. The van der Waals surface area contributed by atoms with Crippen molar-refractivity contribution in [3.8, 4) is 0 Å². The lowest BCUT2D eigenvalue weighted by atomic mass is 9.45. The maximum atomic E-state index is 12.5. The number of Topliss-reactive ketones (excluding diaryl/α,β-unsaturated/α-hetero) is 1. The minimum Gasteiger partial charge on any atom is -0.393 e. The quantitative estimate of drug-likeness (QED) is 0.846. The Morgan fingerprint density at radius 2 is 1.96 bits per heavy atom. The van der Waals surface area contributed by atoms with Gasteiger partial charge < -0.3 is 9.84 Å². The van der Waals surface area contributed by atoms with E-state index < -0.39 is 0 Å². The normalized spacial score (nSPS) is 52.7. The number of ether oxygens (including phenoxy) is 1. The summed E-state index contributed by atoms with van der Waals surface area (Å²) in [5, 5.41) is 10.2. The van der Waals surface area contributed by atoms with Gasteiger partial charge in [-0.1, -0.05) is 6.92 Å². The zero-order valence-electron chi connectivity index (χ0n) is 14.7. The topological polar surface area (TPSA) is 46.5 Å². The van der Waals surface area contributed by atoms with Crippen molar-refractivity contribution in [1.82, 2.24) is 0 Å². The summed E-state index contributed by atoms with van der Waals surface area (Å²) < 4.78 is 5.73. The first kappa shape index (κ1) is 16.1. The van der Waals surface area contributed by atoms with E-state index >= 15 is 0 Å². The van der Waals surface area contributed by atoms with Gasteiger partial charge in [-0.15, -0.1) is 0 Å². The van der Waals surface area contributed by atoms with Crippen LogP contribution in [0, 0.1) is 34.5 Å². The number of hydrogen-bond acceptors (Lipinski definition) is 3. The third-order valence-corrected chi connectivity index (χ3v) is 8.46. The van der Waals surface area contributed by atoms with Gasteiger partial charge in [0.1, 0.15) is 5.78 Å². The third kappa shape index (κ3) is 2.18. The molecule has 0 aromatic carbocycles. The molecule has 23 heavy (non-hydrogen) atoms. The van der Waals surface area contributed by atoms with E-state index in [1.165, 1.54) is 19.3 Å². The third-order valence-electron chi connectivity index (χ3n) is 8.46. The molecule has 0 bridgehead atoms. The Kier molecular flexibility index (Phi) is 3.88. The van der Waals surface area contributed by atoms with Gasteiger partial charge >= 0.3 is 0 Å². The number of carbonyl (C=O) groups is 1. The first-order valence-electron chi connectivity index (χ1n) is 9.71. The van der Waals surface area contributed by atoms with Crippen LogP contribution in [0.1, 0.15) is 64.7 Å². The van der Waals surface area contributed by atoms with Gasteiger partial charge in [-0.3, -0.25) is 4.79 Å². The number of fused-ring (bicyclic) bond motifs is 5. The zero-order chi connectivity index (χ0) is 16.2. The maximum absolute atomic E-state index is 12.5. The lowest BCUT2D eigenvalue weighted by Crippen LogP contribution is -2.56. The Labute approximate surface area is 140 Å². The molecule has 0 aromatic rings. The molecule has 0 radical (unpaired) electrons. The second kappa shape index (κ2) is 5.56. The van der Waals surface area contributed by atoms with E-state index in [2.05, 4.69) is 6.92 Å². The molecule has 3 heteroatoms. The van der Waals surface area contributed by atoms with Crippen LogP contribution in [0.4, 0.5) is 0 Å². The Hall–Kier alpha value is -0.410. The molecular formula is C20H32O3. The van der Waals surface area contributed by atoms with Crippen LogP contribution in [0.2, 0.25) is 0 Å². The number of hydrogen-bond donors (Lipinski definition) is 1. The fourth-order valence-corrected chi connectivity index (χ4v) is 7.35. The molecule has 0 aromatic heterocycles. The number of carbonyl (C=O) groups excluding carboxylic acids is 1. The molecule has 4 rings (SSSR count). The van der Waals surface area contributed by atoms with E-state index in [0.717, 1.165) is 45.1 Å². The van der Waals surface area contributed by atoms with E-state index in [9.17, 15) is 9.90 Å². The summed E-state index contributed by atoms with van der Waals surface area (Å²) >= 11 is 0. The molecule has 0 aliphatic heterocycles. The number of aliphatic hydroxyl groups excluding tert-OH is 1. The maximum Gasteiger partial charge on any atom is 0.139 e. The molecule has 4 aliphatic rings. The van der Waals surface area contributed by atoms with Gasteiger partial charge in [-0.2, -0.15) is 0 Å². The summed E-state index contributed by atoms with van der Waals surface area (Å²) in [6.07, 6.45) is 9.60. The van der Waals surface area contributed by atoms with Gasteiger partial charge in [0.15, 0.2) is 0 Å². The molecule has 7 atom stereocenters. The predicted molar refractivity (Wildman–Crippen MR) is 88.9 cm³/mol. The summed E-state index contributed by atoms with van der Waals surface area (Å²) in [6, 6.07) is 0. The second-order valence-electron chi connectivity index (χ2n) is 9.16. The van der Waals surface area contributed by atoms with Crippen molar-refractivity contribution >= 4 is 5.78 Å². The molecule has 1 unspecified atom stereocenters. The molecule has 4 fully saturated rings. The highest BCUT2D eigenvalue weighted by Crippen LogP contribution is 2.65. The highest BCUT2D eigenvalue weighted by atomic mass is 16.5. The Morgan fingerprint density at radius 3 is 2.74 bits per heavy atom. The minimum absolute atomic E-state index is 0.0313. The van der Waals surface area contributed by atoms with E-state index in [-0.39, 0.29) is 16.9 Å². The standard InChI is InChI=1S/C20H32O3/c1-19-9-8-17-15(16(19)5-6-18(19)22)4-3-13-11-14(21)7-10-20(13,17)12-23-2/h13-17,21H,3-12H2,1-2H3/t13-,14?,15-,16-,17-,19-,20+/m0/s1. The van der Waals surface area contributed by atoms with Gasteiger partial charge in [0.25, 0.3) is 0 Å². The fourth-order valence-electron chi connectivity index (χ4n) is 7.35. The number of rotatable bonds is 2. The molecule has 1 N–H and O–H groups in total. The summed E-state index contributed by atoms with van der Waals surface area (Å²) in [5.74, 6) is 3.17. The van der Waals surface area contributed by atoms with E-state index in [0.29, 0.717) is 29.5 Å². The average Bonchev–Trinajstić information content (AvgIpc) is 2.84. The van der Waals surface area contributed by atoms with Crippen LogP contribution in [0.15, 0.2) is 0 Å². The molecule has 0 saturated heterocycles. The molecule has 3 nitrogen and oxygen atoms in total. The van der Waals surface area contributed by atoms with E-state index in [1.807, 2.05) is 7.11 Å². The Morgan fingerprint density at radius 1 is 1.13 bits per heavy atom. The first-order valence-corrected chi connectivity index (χ1v) is 9.71. The van der Waals surface area contributed by atoms with Crippen molar-refractivity contribution in [3.05, 3.63) is 0 Å². The SMILES string of the molecule is COC[C@]12CCC(O)C[C@@H]1CC[C@@H]1[C@@H]2CC[C@]2(C)C(=O)CC[C@@H]12. The van der Waals surface area contributed by atoms with Gasteiger partial charge in [0, 0.05) is 18.9 Å². The molecule has 4 aliphatic carbocycles. The lowest BCUT2D eigenvalue weighted by Gasteiger charge is -2.60. The average molecular weight is 320 g/mol. The van der Waals surface area contributed by atoms with Crippen molar-refractivity contribution in [2.24, 2.45) is 34.5 Å². The zero-order valence-corrected chi connectivity index (χ0v) is 14.7. The molecule has 0 amide bonds. The number of aliphatic hydroxyl groups is 1. The van der Waals surface area contributed by atoms with Crippen LogP contribution in [-0.2, 0) is 9.53 Å². The second-order valence-corrected chi connectivity index (χ2v) is 9.16. The highest BCUT2D eigenvalue weighted by Gasteiger charge is 2.61. The van der Waals surface area contributed by atoms with Crippen LogP contribution in [0.5, 0.6) is 0 Å². The van der Waals surface area contributed by atoms with Crippen molar-refractivity contribution < 1.29 is 14.6 Å². The smallest absolute Gasteiger partial charge is 0.139 e. The van der Waals surface area contributed by atoms with Gasteiger partial charge in [-0.05, 0) is 80.5 Å². The summed E-state index contributed by atoms with van der Waals surface area (Å²) in [6.45, 7) is 3.10. The van der Waals surface area contributed by atoms with Crippen molar-refractivity contribution in [3.63, 3.8) is 0 Å². The monoisotopic (exact) mass is 320 g/mol. The van der Waals surface area contributed by atoms with Gasteiger partial charge in [0.2, 0.25) is 0 Å². The van der Waals surface area contributed by atoms with Gasteiger partial charge in [0.05, 0.1) is 12.7 Å². The van der Waals surface area contributed by atoms with Crippen molar-refractivity contribution in [2.75, 3.05) is 13.7 Å². The fraction of sp³-hybridized carbons (Fsp3) is 0.950. The predicted octanol–water partition coefficient (Wildman–Crippen LogP) is 3.59. The van der Waals surface area contributed by atoms with Crippen LogP contribution in [0.25, 0.3) is 0 Å². The van der Waals surface area contributed by atoms with Crippen molar-refractivity contribution in [2.45, 2.75) is 70.8 Å². The first-order chi connectivity index (χ1) is 11.0. The van der Waals surface area contributed by atoms with Crippen LogP contribution in [0.3, 0.4) is 0 Å². The molecule has 130 valence electrons. The molecule has 4 saturated carbocycles. The molecule has 0 spiro atoms. The summed E-state index contributed by atoms with van der Waals surface area (Å²) in [7, 11) is 1.84. The summed E-state index contributed by atoms with van der Waals surface area (Å²) in [5.41, 5.74) is 0.236. The Balaban J connectivity index is 1.66. The van der Waals surface area contributed by atoms with Gasteiger partial charge in [-0.25, -0.2) is 0 Å². The Bertz CT molecular complexity index is 489. The van der Waals surface area contributed by atoms with E-state index in [1.54, 1.807) is 0 Å².